The number of nitro benzene ring substituents is 4. The smallest absolute Gasteiger partial charge is 0.321 e. The van der Waals surface area contributed by atoms with Crippen molar-refractivity contribution in [3.05, 3.63) is 103 Å². The fourth-order valence-corrected chi connectivity index (χ4v) is 4.33. The highest BCUT2D eigenvalue weighted by atomic mass is 79.9. The molecule has 0 amide bonds. The minimum atomic E-state index is -0.825. The second-order valence-corrected chi connectivity index (χ2v) is 9.76. The second kappa shape index (κ2) is 14.1. The number of halogens is 2. The molecule has 2 N–H and O–H groups in total. The summed E-state index contributed by atoms with van der Waals surface area (Å²) in [5.41, 5.74) is -1.25. The minimum Gasteiger partial charge on any atom is -0.506 e. The summed E-state index contributed by atoms with van der Waals surface area (Å²) in [6.45, 7) is 3.57. The van der Waals surface area contributed by atoms with Crippen LogP contribution in [0.5, 0.6) is 17.2 Å². The van der Waals surface area contributed by atoms with Gasteiger partial charge < -0.3 is 15.1 Å². The molecular weight excluding hydrogens is 682 g/mol. The number of non-ortho nitro benzene ring substituents is 2. The Bertz CT molecular complexity index is 1530. The van der Waals surface area contributed by atoms with Crippen molar-refractivity contribution in [1.29, 1.82) is 0 Å². The van der Waals surface area contributed by atoms with Crippen molar-refractivity contribution < 1.29 is 34.7 Å². The number of hydrogen-bond donors (Lipinski definition) is 2. The Kier molecular flexibility index (Phi) is 11.2. The molecule has 0 spiro atoms. The lowest BCUT2D eigenvalue weighted by atomic mass is 9.96. The molecule has 0 saturated carbocycles. The summed E-state index contributed by atoms with van der Waals surface area (Å²) in [4.78, 5) is 44.8. The van der Waals surface area contributed by atoms with Crippen molar-refractivity contribution in [3.63, 3.8) is 0 Å². The van der Waals surface area contributed by atoms with Crippen LogP contribution in [0, 0.1) is 40.5 Å². The van der Waals surface area contributed by atoms with Crippen LogP contribution in [0.15, 0.2) is 56.6 Å². The van der Waals surface area contributed by atoms with Crippen LogP contribution < -0.4 is 4.84 Å². The average Bonchev–Trinajstić information content (AvgIpc) is 2.91. The third-order valence-corrected chi connectivity index (χ3v) is 6.61. The van der Waals surface area contributed by atoms with E-state index in [0.717, 1.165) is 24.3 Å². The van der Waals surface area contributed by atoms with Crippen molar-refractivity contribution >= 4 is 60.8 Å². The van der Waals surface area contributed by atoms with Gasteiger partial charge in [-0.15, -0.1) is 0 Å². The predicted molar refractivity (Wildman–Crippen MR) is 152 cm³/mol. The van der Waals surface area contributed by atoms with E-state index >= 15 is 0 Å². The number of nitro groups is 4. The molecule has 41 heavy (non-hydrogen) atoms. The zero-order valence-corrected chi connectivity index (χ0v) is 24.1. The molecule has 0 aliphatic heterocycles. The average molecular weight is 701 g/mol. The molecule has 3 aromatic rings. The van der Waals surface area contributed by atoms with Crippen molar-refractivity contribution in [1.82, 2.24) is 0 Å². The first-order valence-corrected chi connectivity index (χ1v) is 12.7. The molecule has 1 unspecified atom stereocenters. The number of oxime groups is 1. The summed E-state index contributed by atoms with van der Waals surface area (Å²) in [6.07, 6.45) is 1.88. The second-order valence-electron chi connectivity index (χ2n) is 8.05. The lowest BCUT2D eigenvalue weighted by Crippen LogP contribution is -1.99. The fraction of sp³-hybridized carbons (Fsp3) is 0.174. The molecule has 0 bridgehead atoms. The summed E-state index contributed by atoms with van der Waals surface area (Å²) in [7, 11) is 0. The number of benzene rings is 3. The maximum atomic E-state index is 11.0. The third kappa shape index (κ3) is 8.39. The van der Waals surface area contributed by atoms with Crippen molar-refractivity contribution in [2.45, 2.75) is 26.2 Å². The van der Waals surface area contributed by atoms with Gasteiger partial charge in [0.25, 0.3) is 11.4 Å². The van der Waals surface area contributed by atoms with Gasteiger partial charge in [-0.05, 0) is 68.0 Å². The lowest BCUT2D eigenvalue weighted by molar-refractivity contribution is -0.395. The van der Waals surface area contributed by atoms with E-state index in [1.54, 1.807) is 19.1 Å². The Labute approximate surface area is 246 Å². The van der Waals surface area contributed by atoms with E-state index in [-0.39, 0.29) is 28.7 Å². The van der Waals surface area contributed by atoms with Crippen molar-refractivity contribution in [2.24, 2.45) is 5.16 Å². The van der Waals surface area contributed by atoms with Gasteiger partial charge in [-0.25, -0.2) is 0 Å². The maximum Gasteiger partial charge on any atom is 0.321 e. The van der Waals surface area contributed by atoms with E-state index < -0.39 is 42.5 Å². The van der Waals surface area contributed by atoms with Gasteiger partial charge in [-0.1, -0.05) is 19.0 Å². The zero-order chi connectivity index (χ0) is 31.0. The predicted octanol–water partition coefficient (Wildman–Crippen LogP) is 6.87. The number of rotatable bonds is 9. The molecular formula is C23H19Br2N5O11. The highest BCUT2D eigenvalue weighted by molar-refractivity contribution is 9.11. The Morgan fingerprint density at radius 2 is 1.37 bits per heavy atom. The van der Waals surface area contributed by atoms with Gasteiger partial charge in [0.2, 0.25) is 5.75 Å². The highest BCUT2D eigenvalue weighted by Gasteiger charge is 2.25. The van der Waals surface area contributed by atoms with E-state index in [1.165, 1.54) is 12.3 Å². The largest absolute Gasteiger partial charge is 0.506 e. The molecule has 216 valence electrons. The van der Waals surface area contributed by atoms with Gasteiger partial charge in [0.15, 0.2) is 5.75 Å². The minimum absolute atomic E-state index is 0.0130. The van der Waals surface area contributed by atoms with Crippen LogP contribution >= 0.6 is 31.9 Å². The van der Waals surface area contributed by atoms with Gasteiger partial charge in [-0.2, -0.15) is 0 Å². The number of nitrogens with zero attached hydrogens (tertiary/aromatic N) is 5. The molecule has 3 rings (SSSR count). The van der Waals surface area contributed by atoms with E-state index in [9.17, 15) is 50.7 Å². The van der Waals surface area contributed by atoms with E-state index in [4.69, 9.17) is 4.84 Å². The molecule has 18 heteroatoms. The quantitative estimate of drug-likeness (QED) is 0.133. The van der Waals surface area contributed by atoms with E-state index in [2.05, 4.69) is 37.0 Å². The number of hydrogen-bond acceptors (Lipinski definition) is 12. The molecule has 16 nitrogen and oxygen atoms in total. The standard InChI is InChI=1S/C13H7Br2N3O6.C10H12N2O5/c14-9-3-7(4-10(15)13(9)19)6-16-24-12-2-1-8(17(20)21)5-11(12)18(22)23;1-3-6(2)8-4-7(11(14)15)5-9(10(8)13)12(16)17/h1-6,19H;4-6,13H,3H2,1-2H3/b16-6+;. The number of phenols is 2. The molecule has 3 aromatic carbocycles. The van der Waals surface area contributed by atoms with Crippen LogP contribution in [0.1, 0.15) is 37.3 Å². The molecule has 0 heterocycles. The van der Waals surface area contributed by atoms with Crippen LogP contribution in [-0.2, 0) is 0 Å². The fourth-order valence-electron chi connectivity index (χ4n) is 3.11. The molecule has 1 atom stereocenters. The monoisotopic (exact) mass is 699 g/mol. The van der Waals surface area contributed by atoms with Crippen molar-refractivity contribution in [2.75, 3.05) is 0 Å². The Hall–Kier alpha value is -4.71. The number of phenolic OH excluding ortho intramolecular Hbond substituents is 2. The Morgan fingerprint density at radius 1 is 0.829 bits per heavy atom. The molecule has 0 fully saturated rings. The summed E-state index contributed by atoms with van der Waals surface area (Å²) in [5, 5.41) is 65.9. The van der Waals surface area contributed by atoms with Crippen LogP contribution in [0.4, 0.5) is 22.7 Å². The highest BCUT2D eigenvalue weighted by Crippen LogP contribution is 2.39. The van der Waals surface area contributed by atoms with Gasteiger partial charge in [0.05, 0.1) is 47.0 Å². The summed E-state index contributed by atoms with van der Waals surface area (Å²) in [5.74, 6) is -0.901. The van der Waals surface area contributed by atoms with Gasteiger partial charge in [0.1, 0.15) is 5.75 Å². The van der Waals surface area contributed by atoms with Gasteiger partial charge >= 0.3 is 11.4 Å². The zero-order valence-electron chi connectivity index (χ0n) is 21.0. The van der Waals surface area contributed by atoms with Gasteiger partial charge in [-0.3, -0.25) is 40.5 Å². The summed E-state index contributed by atoms with van der Waals surface area (Å²) >= 11 is 6.30. The van der Waals surface area contributed by atoms with E-state index in [1.807, 2.05) is 6.92 Å². The van der Waals surface area contributed by atoms with Crippen molar-refractivity contribution in [3.8, 4) is 17.2 Å². The topological polar surface area (TPSA) is 235 Å². The summed E-state index contributed by atoms with van der Waals surface area (Å²) in [6, 6.07) is 8.01. The summed E-state index contributed by atoms with van der Waals surface area (Å²) < 4.78 is 0.833. The van der Waals surface area contributed by atoms with Gasteiger partial charge in [0, 0.05) is 17.7 Å². The first-order chi connectivity index (χ1) is 19.2. The van der Waals surface area contributed by atoms with Crippen LogP contribution in [0.2, 0.25) is 0 Å². The molecule has 0 saturated heterocycles. The lowest BCUT2D eigenvalue weighted by Gasteiger charge is -2.10. The Morgan fingerprint density at radius 3 is 1.85 bits per heavy atom. The van der Waals surface area contributed by atoms with Crippen LogP contribution in [-0.4, -0.2) is 36.1 Å². The first-order valence-electron chi connectivity index (χ1n) is 11.1. The SMILES string of the molecule is CCC(C)c1cc([N+](=O)[O-])cc([N+](=O)[O-])c1O.O=[N+]([O-])c1ccc(O/N=C/c2cc(Br)c(O)c(Br)c2)c([N+](=O)[O-])c1. The molecule has 0 aliphatic rings. The van der Waals surface area contributed by atoms with Crippen LogP contribution in [0.3, 0.4) is 0 Å². The molecule has 0 aromatic heterocycles. The molecule has 0 radical (unpaired) electrons. The molecule has 0 aliphatic carbocycles. The first kappa shape index (κ1) is 32.5. The normalized spacial score (nSPS) is 11.3. The number of aromatic hydroxyl groups is 2. The maximum absolute atomic E-state index is 11.0. The van der Waals surface area contributed by atoms with E-state index in [0.29, 0.717) is 20.9 Å². The third-order valence-electron chi connectivity index (χ3n) is 5.40. The Balaban J connectivity index is 0.000000305. The van der Waals surface area contributed by atoms with Crippen LogP contribution in [0.25, 0.3) is 0 Å².